The van der Waals surface area contributed by atoms with Gasteiger partial charge < -0.3 is 10.6 Å². The molecule has 3 heteroatoms. The first-order valence-electron chi connectivity index (χ1n) is 5.18. The molecule has 0 aromatic carbocycles. The van der Waals surface area contributed by atoms with E-state index in [1.54, 1.807) is 0 Å². The van der Waals surface area contributed by atoms with Gasteiger partial charge in [0.05, 0.1) is 0 Å². The molecule has 0 bridgehead atoms. The summed E-state index contributed by atoms with van der Waals surface area (Å²) in [6.45, 7) is 5.85. The van der Waals surface area contributed by atoms with Crippen molar-refractivity contribution < 1.29 is 4.79 Å². The molecule has 1 rings (SSSR count). The Bertz CT molecular complexity index is 164. The van der Waals surface area contributed by atoms with Gasteiger partial charge in [0, 0.05) is 25.6 Å². The molecule has 0 aromatic rings. The van der Waals surface area contributed by atoms with Crippen molar-refractivity contribution in [3.8, 4) is 0 Å². The highest BCUT2D eigenvalue weighted by Crippen LogP contribution is 2.27. The van der Waals surface area contributed by atoms with Crippen LogP contribution in [0.1, 0.15) is 33.1 Å². The number of nitrogens with one attached hydrogen (secondary N) is 2. The molecule has 1 saturated carbocycles. The van der Waals surface area contributed by atoms with Crippen LogP contribution < -0.4 is 10.6 Å². The van der Waals surface area contributed by atoms with Crippen LogP contribution in [0.2, 0.25) is 0 Å². The van der Waals surface area contributed by atoms with E-state index in [0.717, 1.165) is 19.0 Å². The number of rotatable bonds is 6. The highest BCUT2D eigenvalue weighted by Gasteiger charge is 2.21. The van der Waals surface area contributed by atoms with Gasteiger partial charge in [0.2, 0.25) is 5.91 Å². The van der Waals surface area contributed by atoms with E-state index in [2.05, 4.69) is 24.5 Å². The quantitative estimate of drug-likeness (QED) is 0.644. The summed E-state index contributed by atoms with van der Waals surface area (Å²) in [5.74, 6) is 0.960. The smallest absolute Gasteiger partial charge is 0.221 e. The third-order valence-corrected chi connectivity index (χ3v) is 2.19. The lowest BCUT2D eigenvalue weighted by Crippen LogP contribution is -2.31. The third kappa shape index (κ3) is 5.64. The van der Waals surface area contributed by atoms with Crippen molar-refractivity contribution in [3.63, 3.8) is 0 Å². The summed E-state index contributed by atoms with van der Waals surface area (Å²) < 4.78 is 0. The van der Waals surface area contributed by atoms with Gasteiger partial charge in [-0.3, -0.25) is 4.79 Å². The van der Waals surface area contributed by atoms with Crippen molar-refractivity contribution in [1.82, 2.24) is 10.6 Å². The monoisotopic (exact) mass is 184 g/mol. The molecule has 0 saturated heterocycles. The molecule has 1 aliphatic carbocycles. The van der Waals surface area contributed by atoms with Gasteiger partial charge >= 0.3 is 0 Å². The fraction of sp³-hybridized carbons (Fsp3) is 0.900. The predicted octanol–water partition coefficient (Wildman–Crippen LogP) is 0.901. The molecule has 0 spiro atoms. The van der Waals surface area contributed by atoms with Crippen LogP contribution in [0.3, 0.4) is 0 Å². The minimum absolute atomic E-state index is 0.181. The summed E-state index contributed by atoms with van der Waals surface area (Å²) in [6, 6.07) is 0.469. The van der Waals surface area contributed by atoms with E-state index in [1.165, 1.54) is 12.8 Å². The van der Waals surface area contributed by atoms with E-state index in [9.17, 15) is 4.79 Å². The van der Waals surface area contributed by atoms with Crippen LogP contribution in [0.15, 0.2) is 0 Å². The third-order valence-electron chi connectivity index (χ3n) is 2.19. The average Bonchev–Trinajstić information content (AvgIpc) is 2.83. The summed E-state index contributed by atoms with van der Waals surface area (Å²) in [5.41, 5.74) is 0. The molecule has 0 aliphatic heterocycles. The number of amides is 1. The summed E-state index contributed by atoms with van der Waals surface area (Å²) in [4.78, 5) is 11.2. The Morgan fingerprint density at radius 3 is 2.69 bits per heavy atom. The van der Waals surface area contributed by atoms with Crippen LogP contribution in [0, 0.1) is 5.92 Å². The van der Waals surface area contributed by atoms with Gasteiger partial charge in [-0.15, -0.1) is 0 Å². The lowest BCUT2D eigenvalue weighted by Gasteiger charge is -2.07. The number of hydrogen-bond acceptors (Lipinski definition) is 2. The van der Waals surface area contributed by atoms with Crippen molar-refractivity contribution in [1.29, 1.82) is 0 Å². The molecule has 3 nitrogen and oxygen atoms in total. The SMILES string of the molecule is CC(C)NCCC(=O)NCC1CC1. The first-order valence-corrected chi connectivity index (χ1v) is 5.18. The minimum atomic E-state index is 0.181. The van der Waals surface area contributed by atoms with Crippen LogP contribution in [0.4, 0.5) is 0 Å². The molecule has 76 valence electrons. The molecule has 0 radical (unpaired) electrons. The average molecular weight is 184 g/mol. The lowest BCUT2D eigenvalue weighted by atomic mass is 10.3. The van der Waals surface area contributed by atoms with Crippen molar-refractivity contribution in [3.05, 3.63) is 0 Å². The van der Waals surface area contributed by atoms with E-state index < -0.39 is 0 Å². The van der Waals surface area contributed by atoms with E-state index in [-0.39, 0.29) is 5.91 Å². The zero-order valence-corrected chi connectivity index (χ0v) is 8.60. The molecular weight excluding hydrogens is 164 g/mol. The van der Waals surface area contributed by atoms with Crippen molar-refractivity contribution in [2.24, 2.45) is 5.92 Å². The highest BCUT2D eigenvalue weighted by molar-refractivity contribution is 5.76. The molecule has 0 atom stereocenters. The number of carbonyl (C=O) groups excluding carboxylic acids is 1. The molecule has 13 heavy (non-hydrogen) atoms. The van der Waals surface area contributed by atoms with E-state index in [4.69, 9.17) is 0 Å². The molecule has 1 aliphatic rings. The first kappa shape index (κ1) is 10.5. The number of carbonyl (C=O) groups is 1. The molecule has 2 N–H and O–H groups in total. The zero-order valence-electron chi connectivity index (χ0n) is 8.60. The number of hydrogen-bond donors (Lipinski definition) is 2. The molecular formula is C10H20N2O. The van der Waals surface area contributed by atoms with Crippen LogP contribution >= 0.6 is 0 Å². The summed E-state index contributed by atoms with van der Waals surface area (Å²) in [6.07, 6.45) is 3.19. The Kier molecular flexibility index (Phi) is 4.22. The van der Waals surface area contributed by atoms with E-state index in [0.29, 0.717) is 12.5 Å². The van der Waals surface area contributed by atoms with Crippen LogP contribution in [-0.2, 0) is 4.79 Å². The Morgan fingerprint density at radius 2 is 2.15 bits per heavy atom. The lowest BCUT2D eigenvalue weighted by molar-refractivity contribution is -0.121. The predicted molar refractivity (Wildman–Crippen MR) is 53.5 cm³/mol. The fourth-order valence-corrected chi connectivity index (χ4v) is 1.14. The summed E-state index contributed by atoms with van der Waals surface area (Å²) in [5, 5.41) is 6.16. The van der Waals surface area contributed by atoms with Gasteiger partial charge in [-0.05, 0) is 18.8 Å². The van der Waals surface area contributed by atoms with Crippen molar-refractivity contribution in [2.45, 2.75) is 39.2 Å². The normalized spacial score (nSPS) is 16.2. The Hall–Kier alpha value is -0.570. The summed E-state index contributed by atoms with van der Waals surface area (Å²) in [7, 11) is 0. The Labute approximate surface area is 80.3 Å². The van der Waals surface area contributed by atoms with Gasteiger partial charge in [0.15, 0.2) is 0 Å². The second kappa shape index (κ2) is 5.22. The summed E-state index contributed by atoms with van der Waals surface area (Å²) >= 11 is 0. The second-order valence-electron chi connectivity index (χ2n) is 4.11. The Balaban J connectivity index is 1.90. The Morgan fingerprint density at radius 1 is 1.46 bits per heavy atom. The van der Waals surface area contributed by atoms with E-state index >= 15 is 0 Å². The topological polar surface area (TPSA) is 41.1 Å². The highest BCUT2D eigenvalue weighted by atomic mass is 16.1. The maximum atomic E-state index is 11.2. The molecule has 0 aromatic heterocycles. The maximum absolute atomic E-state index is 11.2. The van der Waals surface area contributed by atoms with Crippen molar-refractivity contribution in [2.75, 3.05) is 13.1 Å². The van der Waals surface area contributed by atoms with Crippen LogP contribution in [0.25, 0.3) is 0 Å². The van der Waals surface area contributed by atoms with Gasteiger partial charge in [-0.2, -0.15) is 0 Å². The molecule has 1 amide bonds. The van der Waals surface area contributed by atoms with Crippen molar-refractivity contribution >= 4 is 5.91 Å². The molecule has 0 unspecified atom stereocenters. The second-order valence-corrected chi connectivity index (χ2v) is 4.11. The first-order chi connectivity index (χ1) is 6.18. The van der Waals surface area contributed by atoms with Gasteiger partial charge in [0.25, 0.3) is 0 Å². The largest absolute Gasteiger partial charge is 0.356 e. The van der Waals surface area contributed by atoms with Gasteiger partial charge in [-0.25, -0.2) is 0 Å². The zero-order chi connectivity index (χ0) is 9.68. The van der Waals surface area contributed by atoms with Gasteiger partial charge in [-0.1, -0.05) is 13.8 Å². The minimum Gasteiger partial charge on any atom is -0.356 e. The molecule has 1 fully saturated rings. The van der Waals surface area contributed by atoms with E-state index in [1.807, 2.05) is 0 Å². The van der Waals surface area contributed by atoms with Crippen LogP contribution in [0.5, 0.6) is 0 Å². The maximum Gasteiger partial charge on any atom is 0.221 e. The fourth-order valence-electron chi connectivity index (χ4n) is 1.14. The standard InChI is InChI=1S/C10H20N2O/c1-8(2)11-6-5-10(13)12-7-9-3-4-9/h8-9,11H,3-7H2,1-2H3,(H,12,13). The van der Waals surface area contributed by atoms with Crippen LogP contribution in [-0.4, -0.2) is 25.0 Å². The molecule has 0 heterocycles. The van der Waals surface area contributed by atoms with Gasteiger partial charge in [0.1, 0.15) is 0 Å².